The van der Waals surface area contributed by atoms with Gasteiger partial charge in [0.05, 0.1) is 30.1 Å². The van der Waals surface area contributed by atoms with Crippen LogP contribution in [0.5, 0.6) is 0 Å². The minimum atomic E-state index is -3.19. The lowest BCUT2D eigenvalue weighted by Gasteiger charge is -2.40. The fourth-order valence-electron chi connectivity index (χ4n) is 4.50. The number of rotatable bonds is 3. The maximum atomic E-state index is 12.9. The van der Waals surface area contributed by atoms with Gasteiger partial charge in [-0.15, -0.1) is 0 Å². The molecule has 0 aliphatic carbocycles. The topological polar surface area (TPSA) is 78.8 Å². The predicted molar refractivity (Wildman–Crippen MR) is 102 cm³/mol. The number of fused-ring (bicyclic) bond motifs is 1. The Balaban J connectivity index is 1.47. The van der Waals surface area contributed by atoms with Crippen molar-refractivity contribution in [2.45, 2.75) is 38.8 Å². The molecule has 8 nitrogen and oxygen atoms in total. The van der Waals surface area contributed by atoms with E-state index in [9.17, 15) is 13.2 Å². The van der Waals surface area contributed by atoms with Crippen LogP contribution in [-0.2, 0) is 27.9 Å². The lowest BCUT2D eigenvalue weighted by molar-refractivity contribution is -0.140. The van der Waals surface area contributed by atoms with E-state index in [4.69, 9.17) is 4.98 Å². The summed E-state index contributed by atoms with van der Waals surface area (Å²) >= 11 is 0. The van der Waals surface area contributed by atoms with Crippen LogP contribution in [0.2, 0.25) is 0 Å². The number of likely N-dealkylation sites (tertiary alicyclic amines) is 1. The second-order valence-electron chi connectivity index (χ2n) is 8.26. The van der Waals surface area contributed by atoms with Crippen LogP contribution in [0.15, 0.2) is 0 Å². The summed E-state index contributed by atoms with van der Waals surface area (Å²) in [6.45, 7) is 6.89. The van der Waals surface area contributed by atoms with Crippen LogP contribution in [-0.4, -0.2) is 84.0 Å². The number of sulfonamides is 1. The number of carbonyl (C=O) groups is 1. The molecule has 4 heterocycles. The van der Waals surface area contributed by atoms with Crippen molar-refractivity contribution >= 4 is 15.9 Å². The summed E-state index contributed by atoms with van der Waals surface area (Å²) in [6.07, 6.45) is 3.42. The van der Waals surface area contributed by atoms with Gasteiger partial charge in [0, 0.05) is 32.1 Å². The second-order valence-corrected chi connectivity index (χ2v) is 10.2. The number of piperidine rings is 1. The van der Waals surface area contributed by atoms with Crippen molar-refractivity contribution < 1.29 is 13.2 Å². The van der Waals surface area contributed by atoms with Gasteiger partial charge in [0.1, 0.15) is 5.82 Å². The van der Waals surface area contributed by atoms with Crippen molar-refractivity contribution in [2.24, 2.45) is 5.92 Å². The zero-order valence-electron chi connectivity index (χ0n) is 16.4. The first kappa shape index (κ1) is 18.9. The molecule has 0 spiro atoms. The first-order valence-corrected chi connectivity index (χ1v) is 11.6. The molecule has 2 saturated heterocycles. The SMILES string of the molecule is Cc1nc(C2CCN(C)CC2)c2n1CCN(C(=O)C1CN(S(C)(=O)=O)C1)C2. The molecule has 150 valence electrons. The number of aromatic nitrogens is 2. The van der Waals surface area contributed by atoms with Gasteiger partial charge in [-0.05, 0) is 39.9 Å². The molecule has 9 heteroatoms. The number of hydrogen-bond acceptors (Lipinski definition) is 5. The molecular weight excluding hydrogens is 366 g/mol. The number of imidazole rings is 1. The Kier molecular flexibility index (Phi) is 4.80. The summed E-state index contributed by atoms with van der Waals surface area (Å²) in [4.78, 5) is 22.0. The third-order valence-corrected chi connectivity index (χ3v) is 7.55. The molecule has 0 atom stereocenters. The van der Waals surface area contributed by atoms with E-state index in [0.717, 1.165) is 38.3 Å². The standard InChI is InChI=1S/C18H29N5O3S/c1-13-19-17(14-4-6-20(2)7-5-14)16-12-21(8-9-23(13)16)18(24)15-10-22(11-15)27(3,25)26/h14-15H,4-12H2,1-3H3. The molecule has 0 bridgehead atoms. The van der Waals surface area contributed by atoms with Gasteiger partial charge < -0.3 is 14.4 Å². The number of hydrogen-bond donors (Lipinski definition) is 0. The molecule has 2 fully saturated rings. The van der Waals surface area contributed by atoms with Crippen LogP contribution < -0.4 is 0 Å². The Morgan fingerprint density at radius 3 is 2.41 bits per heavy atom. The van der Waals surface area contributed by atoms with Gasteiger partial charge in [0.2, 0.25) is 15.9 Å². The molecule has 0 N–H and O–H groups in total. The van der Waals surface area contributed by atoms with E-state index in [1.165, 1.54) is 21.9 Å². The zero-order chi connectivity index (χ0) is 19.3. The summed E-state index contributed by atoms with van der Waals surface area (Å²) in [6, 6.07) is 0. The summed E-state index contributed by atoms with van der Waals surface area (Å²) in [7, 11) is -1.03. The van der Waals surface area contributed by atoms with Crippen molar-refractivity contribution in [3.05, 3.63) is 17.2 Å². The van der Waals surface area contributed by atoms with E-state index in [1.54, 1.807) is 0 Å². The van der Waals surface area contributed by atoms with E-state index in [1.807, 2.05) is 4.90 Å². The van der Waals surface area contributed by atoms with Crippen molar-refractivity contribution in [2.75, 3.05) is 46.0 Å². The summed E-state index contributed by atoms with van der Waals surface area (Å²) in [5.74, 6) is 1.38. The second kappa shape index (κ2) is 6.86. The number of aryl methyl sites for hydroxylation is 1. The van der Waals surface area contributed by atoms with Crippen molar-refractivity contribution in [1.29, 1.82) is 0 Å². The quantitative estimate of drug-likeness (QED) is 0.732. The van der Waals surface area contributed by atoms with E-state index < -0.39 is 10.0 Å². The first-order chi connectivity index (χ1) is 12.7. The van der Waals surface area contributed by atoms with Gasteiger partial charge in [-0.25, -0.2) is 17.7 Å². The molecule has 0 radical (unpaired) electrons. The Morgan fingerprint density at radius 1 is 1.11 bits per heavy atom. The minimum absolute atomic E-state index is 0.0781. The lowest BCUT2D eigenvalue weighted by atomic mass is 9.92. The summed E-state index contributed by atoms with van der Waals surface area (Å²) in [5, 5.41) is 0. The molecule has 3 aliphatic rings. The van der Waals surface area contributed by atoms with E-state index >= 15 is 0 Å². The predicted octanol–water partition coefficient (Wildman–Crippen LogP) is 0.234. The summed E-state index contributed by atoms with van der Waals surface area (Å²) < 4.78 is 26.7. The van der Waals surface area contributed by atoms with E-state index in [0.29, 0.717) is 32.1 Å². The zero-order valence-corrected chi connectivity index (χ0v) is 17.2. The smallest absolute Gasteiger partial charge is 0.228 e. The maximum absolute atomic E-state index is 12.9. The molecule has 1 aromatic rings. The maximum Gasteiger partial charge on any atom is 0.228 e. The number of nitrogens with zero attached hydrogens (tertiary/aromatic N) is 5. The largest absolute Gasteiger partial charge is 0.335 e. The fraction of sp³-hybridized carbons (Fsp3) is 0.778. The third-order valence-electron chi connectivity index (χ3n) is 6.31. The van der Waals surface area contributed by atoms with Crippen molar-refractivity contribution in [3.63, 3.8) is 0 Å². The highest BCUT2D eigenvalue weighted by Crippen LogP contribution is 2.33. The molecule has 4 rings (SSSR count). The van der Waals surface area contributed by atoms with Crippen LogP contribution in [0.4, 0.5) is 0 Å². The minimum Gasteiger partial charge on any atom is -0.335 e. The van der Waals surface area contributed by atoms with Gasteiger partial charge >= 0.3 is 0 Å². The van der Waals surface area contributed by atoms with Crippen LogP contribution in [0.1, 0.15) is 36.0 Å². The molecule has 1 amide bonds. The average Bonchev–Trinajstić information content (AvgIpc) is 2.89. The Bertz CT molecular complexity index is 835. The van der Waals surface area contributed by atoms with Crippen LogP contribution in [0.3, 0.4) is 0 Å². The molecule has 0 saturated carbocycles. The van der Waals surface area contributed by atoms with Gasteiger partial charge in [0.15, 0.2) is 0 Å². The van der Waals surface area contributed by atoms with Crippen LogP contribution >= 0.6 is 0 Å². The van der Waals surface area contributed by atoms with E-state index in [2.05, 4.69) is 23.4 Å². The van der Waals surface area contributed by atoms with Gasteiger partial charge in [0.25, 0.3) is 0 Å². The Hall–Kier alpha value is -1.45. The highest BCUT2D eigenvalue weighted by molar-refractivity contribution is 7.88. The highest BCUT2D eigenvalue weighted by Gasteiger charge is 2.41. The van der Waals surface area contributed by atoms with Crippen LogP contribution in [0.25, 0.3) is 0 Å². The summed E-state index contributed by atoms with van der Waals surface area (Å²) in [5.41, 5.74) is 2.35. The number of carbonyl (C=O) groups excluding carboxylic acids is 1. The average molecular weight is 396 g/mol. The first-order valence-electron chi connectivity index (χ1n) is 9.72. The van der Waals surface area contributed by atoms with E-state index in [-0.39, 0.29) is 11.8 Å². The molecule has 0 aromatic carbocycles. The van der Waals surface area contributed by atoms with Crippen LogP contribution in [0, 0.1) is 12.8 Å². The lowest BCUT2D eigenvalue weighted by Crippen LogP contribution is -2.56. The molecule has 1 aromatic heterocycles. The normalized spacial score (nSPS) is 23.3. The van der Waals surface area contributed by atoms with Gasteiger partial charge in [-0.1, -0.05) is 0 Å². The number of amides is 1. The highest BCUT2D eigenvalue weighted by atomic mass is 32.2. The monoisotopic (exact) mass is 395 g/mol. The molecule has 3 aliphatic heterocycles. The Morgan fingerprint density at radius 2 is 1.78 bits per heavy atom. The fourth-order valence-corrected chi connectivity index (χ4v) is 5.40. The third kappa shape index (κ3) is 3.52. The van der Waals surface area contributed by atoms with Crippen molar-refractivity contribution in [1.82, 2.24) is 23.7 Å². The molecular formula is C18H29N5O3S. The van der Waals surface area contributed by atoms with Gasteiger partial charge in [-0.2, -0.15) is 0 Å². The molecule has 27 heavy (non-hydrogen) atoms. The molecule has 0 unspecified atom stereocenters. The van der Waals surface area contributed by atoms with Gasteiger partial charge in [-0.3, -0.25) is 4.79 Å². The van der Waals surface area contributed by atoms with Crippen molar-refractivity contribution in [3.8, 4) is 0 Å². The Labute approximate surface area is 161 Å².